The average Bonchev–Trinajstić information content (AvgIpc) is 2.52. The molecule has 112 valence electrons. The molecule has 0 aliphatic rings. The van der Waals surface area contributed by atoms with Gasteiger partial charge in [-0.05, 0) is 17.7 Å². The fraction of sp³-hybridized carbons (Fsp3) is 0.188. The second-order valence-corrected chi connectivity index (χ2v) is 4.32. The smallest absolute Gasteiger partial charge is 0.255 e. The van der Waals surface area contributed by atoms with Gasteiger partial charge in [-0.15, -0.1) is 12.4 Å². The topological polar surface area (TPSA) is 64.3 Å². The van der Waals surface area contributed by atoms with E-state index in [0.29, 0.717) is 31.0 Å². The molecule has 0 atom stereocenters. The highest BCUT2D eigenvalue weighted by Gasteiger charge is 2.11. The molecule has 0 spiro atoms. The van der Waals surface area contributed by atoms with Crippen molar-refractivity contribution in [2.45, 2.75) is 6.61 Å². The molecule has 21 heavy (non-hydrogen) atoms. The predicted molar refractivity (Wildman–Crippen MR) is 85.9 cm³/mol. The molecule has 1 amide bonds. The number of para-hydroxylation sites is 1. The van der Waals surface area contributed by atoms with Crippen LogP contribution in [0.5, 0.6) is 5.75 Å². The van der Waals surface area contributed by atoms with E-state index in [0.717, 1.165) is 5.56 Å². The zero-order valence-corrected chi connectivity index (χ0v) is 12.4. The van der Waals surface area contributed by atoms with Crippen LogP contribution in [0.1, 0.15) is 15.9 Å². The number of carbonyl (C=O) groups excluding carboxylic acids is 1. The minimum atomic E-state index is -0.167. The number of benzene rings is 2. The van der Waals surface area contributed by atoms with E-state index in [-0.39, 0.29) is 18.3 Å². The molecular formula is C16H19ClN2O2. The predicted octanol–water partition coefficient (Wildman–Crippen LogP) is 2.38. The van der Waals surface area contributed by atoms with Crippen LogP contribution < -0.4 is 15.8 Å². The zero-order chi connectivity index (χ0) is 14.2. The van der Waals surface area contributed by atoms with Crippen LogP contribution in [-0.4, -0.2) is 19.0 Å². The summed E-state index contributed by atoms with van der Waals surface area (Å²) in [6.07, 6.45) is 0. The highest BCUT2D eigenvalue weighted by atomic mass is 35.5. The molecule has 0 aliphatic carbocycles. The van der Waals surface area contributed by atoms with E-state index >= 15 is 0 Å². The summed E-state index contributed by atoms with van der Waals surface area (Å²) in [5, 5.41) is 2.74. The Morgan fingerprint density at radius 3 is 2.43 bits per heavy atom. The molecule has 0 radical (unpaired) electrons. The van der Waals surface area contributed by atoms with Gasteiger partial charge in [-0.2, -0.15) is 0 Å². The van der Waals surface area contributed by atoms with E-state index in [1.165, 1.54) is 0 Å². The van der Waals surface area contributed by atoms with Crippen LogP contribution in [0.2, 0.25) is 0 Å². The van der Waals surface area contributed by atoms with Gasteiger partial charge in [0.25, 0.3) is 5.91 Å². The highest BCUT2D eigenvalue weighted by molar-refractivity contribution is 5.96. The quantitative estimate of drug-likeness (QED) is 0.861. The van der Waals surface area contributed by atoms with E-state index in [4.69, 9.17) is 10.5 Å². The molecule has 5 heteroatoms. The number of hydrogen-bond acceptors (Lipinski definition) is 3. The summed E-state index contributed by atoms with van der Waals surface area (Å²) in [5.74, 6) is 0.407. The highest BCUT2D eigenvalue weighted by Crippen LogP contribution is 2.19. The van der Waals surface area contributed by atoms with E-state index in [1.54, 1.807) is 12.1 Å². The summed E-state index contributed by atoms with van der Waals surface area (Å²) >= 11 is 0. The molecule has 0 aliphatic heterocycles. The molecule has 0 saturated carbocycles. The number of nitrogens with two attached hydrogens (primary N) is 1. The molecular weight excluding hydrogens is 288 g/mol. The summed E-state index contributed by atoms with van der Waals surface area (Å²) in [6.45, 7) is 1.30. The molecule has 2 aromatic rings. The summed E-state index contributed by atoms with van der Waals surface area (Å²) in [5.41, 5.74) is 6.97. The Bertz CT molecular complexity index is 561. The summed E-state index contributed by atoms with van der Waals surface area (Å²) < 4.78 is 5.73. The lowest BCUT2D eigenvalue weighted by Gasteiger charge is -2.11. The first-order valence-electron chi connectivity index (χ1n) is 6.55. The van der Waals surface area contributed by atoms with Gasteiger partial charge in [-0.1, -0.05) is 42.5 Å². The van der Waals surface area contributed by atoms with Gasteiger partial charge in [0.05, 0.1) is 5.56 Å². The number of halogens is 1. The van der Waals surface area contributed by atoms with E-state index < -0.39 is 0 Å². The molecule has 0 fully saturated rings. The van der Waals surface area contributed by atoms with Gasteiger partial charge in [-0.3, -0.25) is 4.79 Å². The van der Waals surface area contributed by atoms with Crippen LogP contribution >= 0.6 is 12.4 Å². The van der Waals surface area contributed by atoms with Crippen LogP contribution in [0.4, 0.5) is 0 Å². The van der Waals surface area contributed by atoms with Crippen molar-refractivity contribution in [3.63, 3.8) is 0 Å². The normalized spacial score (nSPS) is 9.57. The molecule has 0 saturated heterocycles. The monoisotopic (exact) mass is 306 g/mol. The first-order valence-corrected chi connectivity index (χ1v) is 6.55. The number of ether oxygens (including phenoxy) is 1. The standard InChI is InChI=1S/C16H18N2O2.ClH/c17-10-11-18-16(19)14-8-4-5-9-15(14)20-12-13-6-2-1-3-7-13;/h1-9H,10-12,17H2,(H,18,19);1H. The number of carbonyl (C=O) groups is 1. The van der Waals surface area contributed by atoms with Crippen LogP contribution in [0.25, 0.3) is 0 Å². The SMILES string of the molecule is Cl.NCCNC(=O)c1ccccc1OCc1ccccc1. The van der Waals surface area contributed by atoms with Gasteiger partial charge in [0.15, 0.2) is 0 Å². The Balaban J connectivity index is 0.00000220. The molecule has 0 aromatic heterocycles. The van der Waals surface area contributed by atoms with Crippen molar-refractivity contribution >= 4 is 18.3 Å². The Morgan fingerprint density at radius 2 is 1.71 bits per heavy atom. The lowest BCUT2D eigenvalue weighted by atomic mass is 10.2. The second-order valence-electron chi connectivity index (χ2n) is 4.32. The lowest BCUT2D eigenvalue weighted by Crippen LogP contribution is -2.29. The minimum absolute atomic E-state index is 0. The third kappa shape index (κ3) is 5.10. The van der Waals surface area contributed by atoms with Crippen LogP contribution in [-0.2, 0) is 6.61 Å². The van der Waals surface area contributed by atoms with Crippen molar-refractivity contribution in [3.05, 3.63) is 65.7 Å². The maximum Gasteiger partial charge on any atom is 0.255 e. The molecule has 2 aromatic carbocycles. The average molecular weight is 307 g/mol. The van der Waals surface area contributed by atoms with E-state index in [9.17, 15) is 4.79 Å². The maximum atomic E-state index is 12.0. The fourth-order valence-corrected chi connectivity index (χ4v) is 1.80. The summed E-state index contributed by atoms with van der Waals surface area (Å²) in [6, 6.07) is 17.0. The van der Waals surface area contributed by atoms with Crippen molar-refractivity contribution < 1.29 is 9.53 Å². The molecule has 3 N–H and O–H groups in total. The number of rotatable bonds is 6. The second kappa shape index (κ2) is 9.00. The maximum absolute atomic E-state index is 12.0. The Morgan fingerprint density at radius 1 is 1.05 bits per heavy atom. The van der Waals surface area contributed by atoms with Crippen LogP contribution in [0.15, 0.2) is 54.6 Å². The van der Waals surface area contributed by atoms with E-state index in [2.05, 4.69) is 5.32 Å². The van der Waals surface area contributed by atoms with Crippen molar-refractivity contribution in [1.82, 2.24) is 5.32 Å². The summed E-state index contributed by atoms with van der Waals surface area (Å²) in [7, 11) is 0. The first kappa shape index (κ1) is 17.0. The molecule has 0 unspecified atom stereocenters. The largest absolute Gasteiger partial charge is 0.488 e. The van der Waals surface area contributed by atoms with E-state index in [1.807, 2.05) is 42.5 Å². The van der Waals surface area contributed by atoms with Crippen LogP contribution in [0.3, 0.4) is 0 Å². The van der Waals surface area contributed by atoms with Crippen molar-refractivity contribution in [2.24, 2.45) is 5.73 Å². The van der Waals surface area contributed by atoms with Crippen molar-refractivity contribution in [3.8, 4) is 5.75 Å². The number of amides is 1. The van der Waals surface area contributed by atoms with Crippen LogP contribution in [0, 0.1) is 0 Å². The molecule has 0 heterocycles. The lowest BCUT2D eigenvalue weighted by molar-refractivity contribution is 0.0950. The zero-order valence-electron chi connectivity index (χ0n) is 11.6. The Kier molecular flexibility index (Phi) is 7.29. The van der Waals surface area contributed by atoms with Crippen molar-refractivity contribution in [1.29, 1.82) is 0 Å². The molecule has 4 nitrogen and oxygen atoms in total. The number of nitrogens with one attached hydrogen (secondary N) is 1. The third-order valence-electron chi connectivity index (χ3n) is 2.80. The van der Waals surface area contributed by atoms with Crippen molar-refractivity contribution in [2.75, 3.05) is 13.1 Å². The van der Waals surface area contributed by atoms with Gasteiger partial charge in [0, 0.05) is 13.1 Å². The third-order valence-corrected chi connectivity index (χ3v) is 2.80. The van der Waals surface area contributed by atoms with Gasteiger partial charge < -0.3 is 15.8 Å². The van der Waals surface area contributed by atoms with Gasteiger partial charge in [0.2, 0.25) is 0 Å². The molecule has 0 bridgehead atoms. The first-order chi connectivity index (χ1) is 9.81. The Labute approximate surface area is 130 Å². The minimum Gasteiger partial charge on any atom is -0.488 e. The van der Waals surface area contributed by atoms with Gasteiger partial charge >= 0.3 is 0 Å². The Hall–Kier alpha value is -2.04. The summed E-state index contributed by atoms with van der Waals surface area (Å²) in [4.78, 5) is 12.0. The molecule has 2 rings (SSSR count). The van der Waals surface area contributed by atoms with Gasteiger partial charge in [0.1, 0.15) is 12.4 Å². The number of hydrogen-bond donors (Lipinski definition) is 2. The fourth-order valence-electron chi connectivity index (χ4n) is 1.80. The van der Waals surface area contributed by atoms with Gasteiger partial charge in [-0.25, -0.2) is 0 Å².